The van der Waals surface area contributed by atoms with Gasteiger partial charge in [-0.25, -0.2) is 4.79 Å². The van der Waals surface area contributed by atoms with Crippen molar-refractivity contribution in [1.82, 2.24) is 4.90 Å². The highest BCUT2D eigenvalue weighted by Crippen LogP contribution is 2.18. The summed E-state index contributed by atoms with van der Waals surface area (Å²) in [5.74, 6) is 0.615. The van der Waals surface area contributed by atoms with Crippen molar-refractivity contribution in [3.63, 3.8) is 0 Å². The smallest absolute Gasteiger partial charge is 0.321 e. The SMILES string of the molecule is Cc1cc(C)cc(NC(=O)N2CCC[C@H](C)C2)c1. The zero-order valence-corrected chi connectivity index (χ0v) is 11.5. The Morgan fingerprint density at radius 3 is 2.56 bits per heavy atom. The molecule has 3 nitrogen and oxygen atoms in total. The average Bonchev–Trinajstić information content (AvgIpc) is 2.27. The molecular weight excluding hydrogens is 224 g/mol. The topological polar surface area (TPSA) is 32.3 Å². The number of urea groups is 1. The first-order valence-electron chi connectivity index (χ1n) is 6.69. The molecule has 3 heteroatoms. The van der Waals surface area contributed by atoms with Crippen molar-refractivity contribution in [2.45, 2.75) is 33.6 Å². The number of hydrogen-bond acceptors (Lipinski definition) is 1. The number of nitrogens with zero attached hydrogens (tertiary/aromatic N) is 1. The first-order valence-corrected chi connectivity index (χ1v) is 6.69. The molecule has 1 aromatic carbocycles. The Kier molecular flexibility index (Phi) is 3.90. The number of anilines is 1. The second-order valence-corrected chi connectivity index (χ2v) is 5.50. The molecule has 0 aromatic heterocycles. The molecule has 0 aliphatic carbocycles. The average molecular weight is 246 g/mol. The van der Waals surface area contributed by atoms with Crippen LogP contribution in [0.1, 0.15) is 30.9 Å². The summed E-state index contributed by atoms with van der Waals surface area (Å²) in [7, 11) is 0. The zero-order chi connectivity index (χ0) is 13.1. The Balaban J connectivity index is 2.02. The molecule has 2 amide bonds. The molecular formula is C15H22N2O. The van der Waals surface area contributed by atoms with E-state index in [2.05, 4.69) is 18.3 Å². The number of piperidine rings is 1. The number of nitrogens with one attached hydrogen (secondary N) is 1. The third kappa shape index (κ3) is 3.25. The zero-order valence-electron chi connectivity index (χ0n) is 11.5. The number of carbonyl (C=O) groups is 1. The van der Waals surface area contributed by atoms with Gasteiger partial charge in [-0.3, -0.25) is 0 Å². The van der Waals surface area contributed by atoms with E-state index < -0.39 is 0 Å². The second kappa shape index (κ2) is 5.42. The van der Waals surface area contributed by atoms with E-state index >= 15 is 0 Å². The van der Waals surface area contributed by atoms with E-state index in [1.165, 1.54) is 17.5 Å². The fraction of sp³-hybridized carbons (Fsp3) is 0.533. The fourth-order valence-electron chi connectivity index (χ4n) is 2.62. The molecule has 1 fully saturated rings. The minimum atomic E-state index is 0.0338. The summed E-state index contributed by atoms with van der Waals surface area (Å²) in [6.07, 6.45) is 2.34. The highest BCUT2D eigenvalue weighted by atomic mass is 16.2. The summed E-state index contributed by atoms with van der Waals surface area (Å²) in [5, 5.41) is 3.00. The maximum atomic E-state index is 12.2. The Morgan fingerprint density at radius 1 is 1.28 bits per heavy atom. The molecule has 0 radical (unpaired) electrons. The fourth-order valence-corrected chi connectivity index (χ4v) is 2.62. The van der Waals surface area contributed by atoms with Crippen LogP contribution in [0.25, 0.3) is 0 Å². The van der Waals surface area contributed by atoms with Crippen molar-refractivity contribution in [2.75, 3.05) is 18.4 Å². The van der Waals surface area contributed by atoms with Crippen LogP contribution < -0.4 is 5.32 Å². The minimum absolute atomic E-state index is 0.0338. The van der Waals surface area contributed by atoms with Crippen LogP contribution in [0.5, 0.6) is 0 Å². The van der Waals surface area contributed by atoms with Gasteiger partial charge >= 0.3 is 6.03 Å². The van der Waals surface area contributed by atoms with Crippen LogP contribution in [-0.2, 0) is 0 Å². The van der Waals surface area contributed by atoms with Gasteiger partial charge in [-0.15, -0.1) is 0 Å². The summed E-state index contributed by atoms with van der Waals surface area (Å²) in [6.45, 7) is 8.05. The van der Waals surface area contributed by atoms with Crippen LogP contribution in [0.4, 0.5) is 10.5 Å². The normalized spacial score (nSPS) is 19.7. The van der Waals surface area contributed by atoms with Crippen LogP contribution >= 0.6 is 0 Å². The number of rotatable bonds is 1. The van der Waals surface area contributed by atoms with Crippen molar-refractivity contribution < 1.29 is 4.79 Å². The highest BCUT2D eigenvalue weighted by Gasteiger charge is 2.20. The lowest BCUT2D eigenvalue weighted by atomic mass is 10.0. The van der Waals surface area contributed by atoms with Crippen molar-refractivity contribution in [2.24, 2.45) is 5.92 Å². The van der Waals surface area contributed by atoms with Gasteiger partial charge in [-0.1, -0.05) is 13.0 Å². The first kappa shape index (κ1) is 12.9. The standard InChI is InChI=1S/C15H22N2O/c1-11-5-4-6-17(10-11)15(18)16-14-8-12(2)7-13(3)9-14/h7-9,11H,4-6,10H2,1-3H3,(H,16,18)/t11-/m0/s1. The molecule has 98 valence electrons. The number of amides is 2. The summed E-state index contributed by atoms with van der Waals surface area (Å²) < 4.78 is 0. The summed E-state index contributed by atoms with van der Waals surface area (Å²) in [4.78, 5) is 14.1. The van der Waals surface area contributed by atoms with E-state index in [-0.39, 0.29) is 6.03 Å². The van der Waals surface area contributed by atoms with Crippen molar-refractivity contribution in [3.8, 4) is 0 Å². The molecule has 0 unspecified atom stereocenters. The number of benzene rings is 1. The Hall–Kier alpha value is -1.51. The van der Waals surface area contributed by atoms with E-state index in [0.717, 1.165) is 25.2 Å². The van der Waals surface area contributed by atoms with Gasteiger partial charge in [-0.2, -0.15) is 0 Å². The van der Waals surface area contributed by atoms with Gasteiger partial charge in [0.25, 0.3) is 0 Å². The highest BCUT2D eigenvalue weighted by molar-refractivity contribution is 5.89. The van der Waals surface area contributed by atoms with E-state index in [1.807, 2.05) is 30.9 Å². The maximum Gasteiger partial charge on any atom is 0.321 e. The second-order valence-electron chi connectivity index (χ2n) is 5.50. The number of likely N-dealkylation sites (tertiary alicyclic amines) is 1. The molecule has 2 rings (SSSR count). The first-order chi connectivity index (χ1) is 8.54. The lowest BCUT2D eigenvalue weighted by molar-refractivity contribution is 0.182. The van der Waals surface area contributed by atoms with Crippen LogP contribution in [0, 0.1) is 19.8 Å². The lowest BCUT2D eigenvalue weighted by Crippen LogP contribution is -2.41. The van der Waals surface area contributed by atoms with Crippen molar-refractivity contribution in [1.29, 1.82) is 0 Å². The van der Waals surface area contributed by atoms with Crippen molar-refractivity contribution >= 4 is 11.7 Å². The molecule has 1 N–H and O–H groups in total. The molecule has 1 atom stereocenters. The van der Waals surface area contributed by atoms with Gasteiger partial charge in [-0.05, 0) is 55.9 Å². The van der Waals surface area contributed by atoms with E-state index in [9.17, 15) is 4.79 Å². The van der Waals surface area contributed by atoms with Gasteiger partial charge in [0.1, 0.15) is 0 Å². The largest absolute Gasteiger partial charge is 0.324 e. The predicted molar refractivity (Wildman–Crippen MR) is 74.9 cm³/mol. The summed E-state index contributed by atoms with van der Waals surface area (Å²) in [6, 6.07) is 6.17. The molecule has 0 spiro atoms. The monoisotopic (exact) mass is 246 g/mol. The van der Waals surface area contributed by atoms with Crippen LogP contribution in [0.15, 0.2) is 18.2 Å². The van der Waals surface area contributed by atoms with Gasteiger partial charge in [0, 0.05) is 18.8 Å². The van der Waals surface area contributed by atoms with Crippen LogP contribution in [-0.4, -0.2) is 24.0 Å². The van der Waals surface area contributed by atoms with Crippen molar-refractivity contribution in [3.05, 3.63) is 29.3 Å². The van der Waals surface area contributed by atoms with Gasteiger partial charge in [0.2, 0.25) is 0 Å². The van der Waals surface area contributed by atoms with E-state index in [1.54, 1.807) is 0 Å². The molecule has 1 aliphatic rings. The van der Waals surface area contributed by atoms with E-state index in [4.69, 9.17) is 0 Å². The number of aryl methyl sites for hydroxylation is 2. The van der Waals surface area contributed by atoms with Crippen LogP contribution in [0.2, 0.25) is 0 Å². The molecule has 0 saturated carbocycles. The molecule has 0 bridgehead atoms. The molecule has 1 heterocycles. The predicted octanol–water partition coefficient (Wildman–Crippen LogP) is 3.57. The van der Waals surface area contributed by atoms with Gasteiger partial charge in [0.15, 0.2) is 0 Å². The number of carbonyl (C=O) groups excluding carboxylic acids is 1. The third-order valence-corrected chi connectivity index (χ3v) is 3.42. The molecule has 18 heavy (non-hydrogen) atoms. The van der Waals surface area contributed by atoms with E-state index in [0.29, 0.717) is 5.92 Å². The molecule has 1 aromatic rings. The minimum Gasteiger partial charge on any atom is -0.324 e. The molecule has 1 aliphatic heterocycles. The summed E-state index contributed by atoms with van der Waals surface area (Å²) >= 11 is 0. The van der Waals surface area contributed by atoms with Gasteiger partial charge in [0.05, 0.1) is 0 Å². The summed E-state index contributed by atoms with van der Waals surface area (Å²) in [5.41, 5.74) is 3.25. The Bertz CT molecular complexity index is 422. The van der Waals surface area contributed by atoms with Crippen LogP contribution in [0.3, 0.4) is 0 Å². The lowest BCUT2D eigenvalue weighted by Gasteiger charge is -2.31. The maximum absolute atomic E-state index is 12.2. The quantitative estimate of drug-likeness (QED) is 0.807. The van der Waals surface area contributed by atoms with Gasteiger partial charge < -0.3 is 10.2 Å². The third-order valence-electron chi connectivity index (χ3n) is 3.42. The Morgan fingerprint density at radius 2 is 1.94 bits per heavy atom. The Labute approximate surface area is 109 Å². The number of hydrogen-bond donors (Lipinski definition) is 1. The molecule has 1 saturated heterocycles.